The van der Waals surface area contributed by atoms with Crippen molar-refractivity contribution in [3.8, 4) is 12.3 Å². The minimum absolute atomic E-state index is 0.0367. The standard InChI is InChI=1S/C12H16N4O3/c1-3-6-16(9-11(17)18)12(19)13-5-4-10-7-14-15(2)8-10/h1,7-8H,4-6,9H2,2H3,(H,13,19)(H,17,18). The van der Waals surface area contributed by atoms with Crippen molar-refractivity contribution < 1.29 is 14.7 Å². The predicted molar refractivity (Wildman–Crippen MR) is 68.4 cm³/mol. The molecule has 0 fully saturated rings. The van der Waals surface area contributed by atoms with E-state index in [1.165, 1.54) is 0 Å². The fraction of sp³-hybridized carbons (Fsp3) is 0.417. The summed E-state index contributed by atoms with van der Waals surface area (Å²) in [6.07, 6.45) is 9.27. The lowest BCUT2D eigenvalue weighted by Gasteiger charge is -2.18. The van der Waals surface area contributed by atoms with Crippen LogP contribution in [0.25, 0.3) is 0 Å². The first-order valence-corrected chi connectivity index (χ1v) is 5.68. The number of amides is 2. The van der Waals surface area contributed by atoms with Gasteiger partial charge in [0.1, 0.15) is 6.54 Å². The summed E-state index contributed by atoms with van der Waals surface area (Å²) in [6.45, 7) is -0.0564. The van der Waals surface area contributed by atoms with Gasteiger partial charge in [-0.1, -0.05) is 5.92 Å². The Bertz CT molecular complexity index is 489. The number of carbonyl (C=O) groups excluding carboxylic acids is 1. The van der Waals surface area contributed by atoms with Gasteiger partial charge in [-0.2, -0.15) is 5.10 Å². The second-order valence-corrected chi connectivity index (χ2v) is 3.96. The molecule has 0 aliphatic carbocycles. The monoisotopic (exact) mass is 264 g/mol. The van der Waals surface area contributed by atoms with Gasteiger partial charge >= 0.3 is 12.0 Å². The summed E-state index contributed by atoms with van der Waals surface area (Å²) >= 11 is 0. The van der Waals surface area contributed by atoms with Crippen molar-refractivity contribution in [2.24, 2.45) is 7.05 Å². The van der Waals surface area contributed by atoms with Crippen LogP contribution in [0.15, 0.2) is 12.4 Å². The highest BCUT2D eigenvalue weighted by Gasteiger charge is 2.14. The average Bonchev–Trinajstić information content (AvgIpc) is 2.74. The molecule has 1 rings (SSSR count). The molecule has 1 aromatic heterocycles. The maximum Gasteiger partial charge on any atom is 0.323 e. The Balaban J connectivity index is 2.39. The Morgan fingerprint density at radius 3 is 2.89 bits per heavy atom. The lowest BCUT2D eigenvalue weighted by molar-refractivity contribution is -0.137. The molecule has 0 radical (unpaired) electrons. The molecule has 7 heteroatoms. The summed E-state index contributed by atoms with van der Waals surface area (Å²) < 4.78 is 1.67. The number of hydrogen-bond acceptors (Lipinski definition) is 3. The molecular formula is C12H16N4O3. The van der Waals surface area contributed by atoms with Crippen molar-refractivity contribution >= 4 is 12.0 Å². The number of carboxylic acid groups (broad SMARTS) is 1. The zero-order valence-electron chi connectivity index (χ0n) is 10.7. The fourth-order valence-corrected chi connectivity index (χ4v) is 1.50. The maximum atomic E-state index is 11.7. The van der Waals surface area contributed by atoms with Crippen LogP contribution >= 0.6 is 0 Å². The molecule has 2 amide bonds. The van der Waals surface area contributed by atoms with Gasteiger partial charge in [0.25, 0.3) is 0 Å². The summed E-state index contributed by atoms with van der Waals surface area (Å²) in [7, 11) is 1.81. The molecule has 19 heavy (non-hydrogen) atoms. The third kappa shape index (κ3) is 5.12. The van der Waals surface area contributed by atoms with Crippen LogP contribution in [-0.4, -0.2) is 51.4 Å². The number of urea groups is 1. The van der Waals surface area contributed by atoms with E-state index in [9.17, 15) is 9.59 Å². The molecule has 1 heterocycles. The number of rotatable bonds is 6. The summed E-state index contributed by atoms with van der Waals surface area (Å²) in [4.78, 5) is 23.3. The molecule has 0 atom stereocenters. The highest BCUT2D eigenvalue weighted by molar-refractivity contribution is 5.80. The van der Waals surface area contributed by atoms with E-state index in [1.807, 2.05) is 13.2 Å². The smallest absolute Gasteiger partial charge is 0.323 e. The van der Waals surface area contributed by atoms with Gasteiger partial charge in [0.05, 0.1) is 12.7 Å². The molecule has 0 aliphatic heterocycles. The van der Waals surface area contributed by atoms with Gasteiger partial charge in [0.15, 0.2) is 0 Å². The summed E-state index contributed by atoms with van der Waals surface area (Å²) in [6, 6.07) is -0.482. The van der Waals surface area contributed by atoms with Crippen LogP contribution in [0.3, 0.4) is 0 Å². The highest BCUT2D eigenvalue weighted by atomic mass is 16.4. The topological polar surface area (TPSA) is 87.5 Å². The van der Waals surface area contributed by atoms with Gasteiger partial charge in [0, 0.05) is 19.8 Å². The molecule has 0 aromatic carbocycles. The Morgan fingerprint density at radius 2 is 2.37 bits per heavy atom. The molecule has 0 aliphatic rings. The second-order valence-electron chi connectivity index (χ2n) is 3.96. The maximum absolute atomic E-state index is 11.7. The van der Waals surface area contributed by atoms with Crippen molar-refractivity contribution in [2.75, 3.05) is 19.6 Å². The van der Waals surface area contributed by atoms with Crippen molar-refractivity contribution in [1.29, 1.82) is 0 Å². The van der Waals surface area contributed by atoms with E-state index < -0.39 is 18.5 Å². The Hall–Kier alpha value is -2.49. The highest BCUT2D eigenvalue weighted by Crippen LogP contribution is 1.96. The van der Waals surface area contributed by atoms with E-state index in [4.69, 9.17) is 11.5 Å². The van der Waals surface area contributed by atoms with Crippen molar-refractivity contribution in [1.82, 2.24) is 20.0 Å². The minimum atomic E-state index is -1.10. The predicted octanol–water partition coefficient (Wildman–Crippen LogP) is -0.308. The molecule has 0 spiro atoms. The van der Waals surface area contributed by atoms with Gasteiger partial charge < -0.3 is 15.3 Å². The average molecular weight is 264 g/mol. The zero-order valence-corrected chi connectivity index (χ0v) is 10.7. The molecule has 1 aromatic rings. The van der Waals surface area contributed by atoms with Crippen LogP contribution in [-0.2, 0) is 18.3 Å². The normalized spacial score (nSPS) is 9.68. The summed E-state index contributed by atoms with van der Waals surface area (Å²) in [5.74, 6) is 1.15. The number of aromatic nitrogens is 2. The minimum Gasteiger partial charge on any atom is -0.480 e. The van der Waals surface area contributed by atoms with E-state index in [0.717, 1.165) is 10.5 Å². The SMILES string of the molecule is C#CCN(CC(=O)O)C(=O)NCCc1cnn(C)c1. The van der Waals surface area contributed by atoms with Crippen LogP contribution in [0.1, 0.15) is 5.56 Å². The van der Waals surface area contributed by atoms with Crippen LogP contribution in [0.4, 0.5) is 4.79 Å². The molecular weight excluding hydrogens is 248 g/mol. The first-order chi connectivity index (χ1) is 9.02. The largest absolute Gasteiger partial charge is 0.480 e. The van der Waals surface area contributed by atoms with Gasteiger partial charge in [-0.05, 0) is 12.0 Å². The van der Waals surface area contributed by atoms with Gasteiger partial charge in [-0.15, -0.1) is 6.42 Å². The molecule has 7 nitrogen and oxygen atoms in total. The molecule has 2 N–H and O–H groups in total. The Kier molecular flexibility index (Phi) is 5.41. The quantitative estimate of drug-likeness (QED) is 0.690. The lowest BCUT2D eigenvalue weighted by atomic mass is 10.2. The number of terminal acetylenes is 1. The molecule has 0 bridgehead atoms. The van der Waals surface area contributed by atoms with Crippen molar-refractivity contribution in [3.63, 3.8) is 0 Å². The molecule has 0 saturated heterocycles. The van der Waals surface area contributed by atoms with E-state index in [0.29, 0.717) is 13.0 Å². The van der Waals surface area contributed by atoms with Crippen LogP contribution in [0, 0.1) is 12.3 Å². The van der Waals surface area contributed by atoms with Crippen LogP contribution in [0.5, 0.6) is 0 Å². The van der Waals surface area contributed by atoms with E-state index in [2.05, 4.69) is 16.3 Å². The number of nitrogens with one attached hydrogen (secondary N) is 1. The number of carbonyl (C=O) groups is 2. The Morgan fingerprint density at radius 1 is 1.63 bits per heavy atom. The molecule has 0 saturated carbocycles. The summed E-state index contributed by atoms with van der Waals surface area (Å²) in [5.41, 5.74) is 0.990. The lowest BCUT2D eigenvalue weighted by Crippen LogP contribution is -2.43. The number of hydrogen-bond donors (Lipinski definition) is 2. The molecule has 102 valence electrons. The van der Waals surface area contributed by atoms with Crippen molar-refractivity contribution in [2.45, 2.75) is 6.42 Å². The first-order valence-electron chi connectivity index (χ1n) is 5.68. The third-order valence-electron chi connectivity index (χ3n) is 2.34. The van der Waals surface area contributed by atoms with E-state index in [-0.39, 0.29) is 6.54 Å². The van der Waals surface area contributed by atoms with Gasteiger partial charge in [0.2, 0.25) is 0 Å². The summed E-state index contributed by atoms with van der Waals surface area (Å²) in [5, 5.41) is 15.3. The third-order valence-corrected chi connectivity index (χ3v) is 2.34. The zero-order chi connectivity index (χ0) is 14.3. The first kappa shape index (κ1) is 14.6. The van der Waals surface area contributed by atoms with Crippen LogP contribution < -0.4 is 5.32 Å². The van der Waals surface area contributed by atoms with Gasteiger partial charge in [-0.3, -0.25) is 9.48 Å². The number of aryl methyl sites for hydroxylation is 1. The number of aliphatic carboxylic acids is 1. The number of carboxylic acids is 1. The second kappa shape index (κ2) is 7.06. The van der Waals surface area contributed by atoms with Crippen LogP contribution in [0.2, 0.25) is 0 Å². The van der Waals surface area contributed by atoms with E-state index in [1.54, 1.807) is 10.9 Å². The Labute approximate surface area is 111 Å². The fourth-order valence-electron chi connectivity index (χ4n) is 1.50. The molecule has 0 unspecified atom stereocenters. The van der Waals surface area contributed by atoms with Crippen molar-refractivity contribution in [3.05, 3.63) is 18.0 Å². The van der Waals surface area contributed by atoms with E-state index >= 15 is 0 Å². The van der Waals surface area contributed by atoms with Gasteiger partial charge in [-0.25, -0.2) is 4.79 Å². The number of nitrogens with zero attached hydrogens (tertiary/aromatic N) is 3.